The molecule has 4 nitrogen and oxygen atoms in total. The lowest BCUT2D eigenvalue weighted by molar-refractivity contribution is 0.570. The molecule has 94 valence electrons. The van der Waals surface area contributed by atoms with Crippen LogP contribution in [0.25, 0.3) is 32.0 Å². The summed E-state index contributed by atoms with van der Waals surface area (Å²) in [6, 6.07) is 10.9. The average molecular weight is 271 g/mol. The Kier molecular flexibility index (Phi) is 1.97. The van der Waals surface area contributed by atoms with Crippen LogP contribution in [0, 0.1) is 0 Å². The fourth-order valence-electron chi connectivity index (χ4n) is 2.32. The lowest BCUT2D eigenvalue weighted by Gasteiger charge is -2.01. The van der Waals surface area contributed by atoms with Crippen LogP contribution in [0.2, 0.25) is 0 Å². The zero-order valence-electron chi connectivity index (χ0n) is 9.60. The zero-order chi connectivity index (χ0) is 13.0. The Hall–Kier alpha value is -2.40. The molecule has 0 saturated carbocycles. The molecule has 4 rings (SSSR count). The summed E-state index contributed by atoms with van der Waals surface area (Å²) in [5.74, 6) is 0. The molecule has 0 aliphatic heterocycles. The Morgan fingerprint density at radius 2 is 1.89 bits per heavy atom. The Balaban J connectivity index is 0.00000121. The van der Waals surface area contributed by atoms with Crippen molar-refractivity contribution in [1.82, 2.24) is 4.98 Å². The van der Waals surface area contributed by atoms with E-state index >= 15 is 0 Å². The van der Waals surface area contributed by atoms with Gasteiger partial charge in [0.15, 0.2) is 0 Å². The first-order valence-electron chi connectivity index (χ1n) is 5.71. The fraction of sp³-hybridized carbons (Fsp3) is 0. The second-order valence-corrected chi connectivity index (χ2v) is 5.31. The Morgan fingerprint density at radius 1 is 1.05 bits per heavy atom. The number of para-hydroxylation sites is 1. The van der Waals surface area contributed by atoms with Crippen LogP contribution in [0.4, 0.5) is 0 Å². The van der Waals surface area contributed by atoms with Crippen molar-refractivity contribution in [2.24, 2.45) is 0 Å². The molecule has 0 unspecified atom stereocenters. The summed E-state index contributed by atoms with van der Waals surface area (Å²) in [6.07, 6.45) is 0. The van der Waals surface area contributed by atoms with E-state index in [2.05, 4.69) is 4.98 Å². The molecule has 0 saturated heterocycles. The van der Waals surface area contributed by atoms with E-state index in [1.165, 1.54) is 0 Å². The topological polar surface area (TPSA) is 63.1 Å². The molecular formula is C14H9NO3S. The summed E-state index contributed by atoms with van der Waals surface area (Å²) in [5, 5.41) is 2.18. The lowest BCUT2D eigenvalue weighted by atomic mass is 10.1. The first-order valence-corrected chi connectivity index (χ1v) is 6.52. The minimum Gasteiger partial charge on any atom is -0.422 e. The minimum atomic E-state index is -0.386. The third kappa shape index (κ3) is 1.45. The molecule has 2 aromatic heterocycles. The largest absolute Gasteiger partial charge is 0.422 e. The highest BCUT2D eigenvalue weighted by atomic mass is 32.1. The molecule has 1 N–H and O–H groups in total. The van der Waals surface area contributed by atoms with Gasteiger partial charge in [0.1, 0.15) is 5.58 Å². The maximum atomic E-state index is 12.0. The highest BCUT2D eigenvalue weighted by Gasteiger charge is 2.09. The van der Waals surface area contributed by atoms with Gasteiger partial charge in [-0.25, -0.2) is 4.79 Å². The first kappa shape index (κ1) is 10.5. The SMILES string of the molecule is O=c1[nH]c2cc3c(=O)oc4ccccc4c3cc2s1.[HH]. The van der Waals surface area contributed by atoms with Gasteiger partial charge in [0.25, 0.3) is 0 Å². The Labute approximate surface area is 111 Å². The molecule has 0 radical (unpaired) electrons. The van der Waals surface area contributed by atoms with Crippen LogP contribution < -0.4 is 10.5 Å². The molecule has 0 atom stereocenters. The van der Waals surface area contributed by atoms with Gasteiger partial charge in [-0.1, -0.05) is 29.5 Å². The number of fused-ring (bicyclic) bond motifs is 4. The number of nitrogens with one attached hydrogen (secondary N) is 1. The fourth-order valence-corrected chi connectivity index (χ4v) is 3.08. The molecule has 4 aromatic rings. The molecule has 2 aromatic carbocycles. The molecule has 0 aliphatic rings. The lowest BCUT2D eigenvalue weighted by Crippen LogP contribution is -1.99. The van der Waals surface area contributed by atoms with Crippen molar-refractivity contribution in [3.05, 3.63) is 56.5 Å². The molecule has 19 heavy (non-hydrogen) atoms. The van der Waals surface area contributed by atoms with Crippen LogP contribution in [0.3, 0.4) is 0 Å². The van der Waals surface area contributed by atoms with Gasteiger partial charge in [-0.15, -0.1) is 0 Å². The number of aromatic nitrogens is 1. The van der Waals surface area contributed by atoms with Gasteiger partial charge in [0, 0.05) is 12.2 Å². The van der Waals surface area contributed by atoms with E-state index in [9.17, 15) is 9.59 Å². The molecular weight excluding hydrogens is 262 g/mol. The Bertz CT molecular complexity index is 1060. The average Bonchev–Trinajstić information content (AvgIpc) is 2.76. The van der Waals surface area contributed by atoms with Gasteiger partial charge in [0.2, 0.25) is 0 Å². The minimum absolute atomic E-state index is 0. The number of rotatable bonds is 0. The van der Waals surface area contributed by atoms with E-state index in [1.54, 1.807) is 12.1 Å². The monoisotopic (exact) mass is 271 g/mol. The van der Waals surface area contributed by atoms with Gasteiger partial charge in [-0.05, 0) is 18.2 Å². The summed E-state index contributed by atoms with van der Waals surface area (Å²) >= 11 is 1.14. The van der Waals surface area contributed by atoms with Crippen molar-refractivity contribution in [3.8, 4) is 0 Å². The molecule has 0 bridgehead atoms. The van der Waals surface area contributed by atoms with Gasteiger partial charge in [0.05, 0.1) is 15.6 Å². The molecule has 5 heteroatoms. The van der Waals surface area contributed by atoms with E-state index in [0.717, 1.165) is 26.8 Å². The second kappa shape index (κ2) is 3.55. The first-order chi connectivity index (χ1) is 9.22. The normalized spacial score (nSPS) is 11.6. The van der Waals surface area contributed by atoms with Crippen molar-refractivity contribution in [2.45, 2.75) is 0 Å². The van der Waals surface area contributed by atoms with Crippen LogP contribution in [-0.2, 0) is 0 Å². The van der Waals surface area contributed by atoms with Crippen LogP contribution in [0.5, 0.6) is 0 Å². The van der Waals surface area contributed by atoms with Crippen molar-refractivity contribution >= 4 is 43.3 Å². The number of H-pyrrole nitrogens is 1. The van der Waals surface area contributed by atoms with Crippen LogP contribution >= 0.6 is 11.3 Å². The van der Waals surface area contributed by atoms with E-state index < -0.39 is 0 Å². The highest BCUT2D eigenvalue weighted by molar-refractivity contribution is 7.16. The van der Waals surface area contributed by atoms with Crippen molar-refractivity contribution in [2.75, 3.05) is 0 Å². The van der Waals surface area contributed by atoms with E-state index in [0.29, 0.717) is 16.5 Å². The van der Waals surface area contributed by atoms with Gasteiger partial charge in [-0.2, -0.15) is 0 Å². The number of hydrogen-bond donors (Lipinski definition) is 1. The highest BCUT2D eigenvalue weighted by Crippen LogP contribution is 2.27. The van der Waals surface area contributed by atoms with Crippen LogP contribution in [0.1, 0.15) is 1.43 Å². The molecule has 2 heterocycles. The predicted molar refractivity (Wildman–Crippen MR) is 78.1 cm³/mol. The third-order valence-electron chi connectivity index (χ3n) is 3.16. The number of hydrogen-bond acceptors (Lipinski definition) is 4. The number of aromatic amines is 1. The summed E-state index contributed by atoms with van der Waals surface area (Å²) in [4.78, 5) is 25.9. The summed E-state index contributed by atoms with van der Waals surface area (Å²) in [5.41, 5.74) is 0.843. The second-order valence-electron chi connectivity index (χ2n) is 4.29. The zero-order valence-corrected chi connectivity index (χ0v) is 10.4. The van der Waals surface area contributed by atoms with Crippen molar-refractivity contribution in [1.29, 1.82) is 0 Å². The summed E-state index contributed by atoms with van der Waals surface area (Å²) in [7, 11) is 0. The van der Waals surface area contributed by atoms with Gasteiger partial charge in [-0.3, -0.25) is 4.79 Å². The smallest absolute Gasteiger partial charge is 0.344 e. The summed E-state index contributed by atoms with van der Waals surface area (Å²) in [6.45, 7) is 0. The number of thiazole rings is 1. The van der Waals surface area contributed by atoms with Crippen molar-refractivity contribution in [3.63, 3.8) is 0 Å². The van der Waals surface area contributed by atoms with E-state index in [1.807, 2.05) is 24.3 Å². The molecule has 0 spiro atoms. The number of benzene rings is 2. The molecule has 0 amide bonds. The third-order valence-corrected chi connectivity index (χ3v) is 4.00. The van der Waals surface area contributed by atoms with Gasteiger partial charge < -0.3 is 9.40 Å². The predicted octanol–water partition coefficient (Wildman–Crippen LogP) is 3.10. The molecule has 0 fully saturated rings. The summed E-state index contributed by atoms with van der Waals surface area (Å²) < 4.78 is 6.13. The standard InChI is InChI=1S/C14H7NO3S.H2/c16-13-9-5-10-12(19-14(17)15-10)6-8(9)7-3-1-2-4-11(7)18-13;/h1-6H,(H,15,17);1H. The Morgan fingerprint density at radius 3 is 2.79 bits per heavy atom. The van der Waals surface area contributed by atoms with Gasteiger partial charge >= 0.3 is 10.5 Å². The van der Waals surface area contributed by atoms with E-state index in [-0.39, 0.29) is 11.9 Å². The van der Waals surface area contributed by atoms with Crippen LogP contribution in [-0.4, -0.2) is 4.98 Å². The van der Waals surface area contributed by atoms with Crippen molar-refractivity contribution < 1.29 is 5.84 Å². The molecule has 0 aliphatic carbocycles. The maximum absolute atomic E-state index is 12.0. The quantitative estimate of drug-likeness (QED) is 0.395. The van der Waals surface area contributed by atoms with E-state index in [4.69, 9.17) is 4.42 Å². The van der Waals surface area contributed by atoms with Crippen LogP contribution in [0.15, 0.2) is 50.4 Å². The maximum Gasteiger partial charge on any atom is 0.344 e.